The number of fused-ring (bicyclic) bond motifs is 1. The van der Waals surface area contributed by atoms with E-state index in [1.165, 1.54) is 0 Å². The van der Waals surface area contributed by atoms with Gasteiger partial charge in [-0.2, -0.15) is 0 Å². The minimum absolute atomic E-state index is 0.212. The molecule has 0 saturated heterocycles. The first-order valence-electron chi connectivity index (χ1n) is 6.78. The SMILES string of the molecule is CN(C(N)=S)c1ccc2oc([N+](=O)[O-])c(-c3ccccc3)c2c1. The molecule has 0 amide bonds. The maximum Gasteiger partial charge on any atom is 0.442 e. The van der Waals surface area contributed by atoms with Crippen molar-refractivity contribution in [2.24, 2.45) is 5.73 Å². The Kier molecular flexibility index (Phi) is 3.71. The lowest BCUT2D eigenvalue weighted by molar-refractivity contribution is -0.400. The Balaban J connectivity index is 2.30. The predicted octanol–water partition coefficient (Wildman–Crippen LogP) is 3.69. The van der Waals surface area contributed by atoms with E-state index in [0.29, 0.717) is 22.1 Å². The van der Waals surface area contributed by atoms with Crippen LogP contribution in [0, 0.1) is 10.1 Å². The van der Waals surface area contributed by atoms with Gasteiger partial charge in [-0.1, -0.05) is 30.3 Å². The summed E-state index contributed by atoms with van der Waals surface area (Å²) in [6, 6.07) is 14.3. The summed E-state index contributed by atoms with van der Waals surface area (Å²) >= 11 is 4.97. The van der Waals surface area contributed by atoms with Crippen LogP contribution in [0.3, 0.4) is 0 Å². The van der Waals surface area contributed by atoms with E-state index >= 15 is 0 Å². The van der Waals surface area contributed by atoms with Crippen molar-refractivity contribution in [1.29, 1.82) is 0 Å². The molecule has 0 fully saturated rings. The van der Waals surface area contributed by atoms with Gasteiger partial charge in [-0.25, -0.2) is 0 Å². The van der Waals surface area contributed by atoms with Gasteiger partial charge in [0.1, 0.15) is 16.1 Å². The Bertz CT molecular complexity index is 906. The van der Waals surface area contributed by atoms with Crippen molar-refractivity contribution in [3.8, 4) is 11.1 Å². The van der Waals surface area contributed by atoms with Gasteiger partial charge >= 0.3 is 5.88 Å². The normalized spacial score (nSPS) is 10.7. The topological polar surface area (TPSA) is 85.5 Å². The summed E-state index contributed by atoms with van der Waals surface area (Å²) in [5, 5.41) is 12.2. The van der Waals surface area contributed by atoms with Crippen LogP contribution in [-0.4, -0.2) is 17.1 Å². The minimum atomic E-state index is -0.515. The fourth-order valence-electron chi connectivity index (χ4n) is 2.42. The molecule has 0 unspecified atom stereocenters. The highest BCUT2D eigenvalue weighted by Crippen LogP contribution is 2.40. The lowest BCUT2D eigenvalue weighted by atomic mass is 10.0. The number of nitro groups is 1. The summed E-state index contributed by atoms with van der Waals surface area (Å²) in [7, 11) is 1.74. The van der Waals surface area contributed by atoms with E-state index < -0.39 is 4.92 Å². The molecule has 0 bridgehead atoms. The average molecular weight is 327 g/mol. The van der Waals surface area contributed by atoms with Crippen molar-refractivity contribution in [1.82, 2.24) is 0 Å². The van der Waals surface area contributed by atoms with E-state index in [1.807, 2.05) is 18.2 Å². The number of rotatable bonds is 3. The molecule has 3 rings (SSSR count). The summed E-state index contributed by atoms with van der Waals surface area (Å²) in [6.07, 6.45) is 0. The van der Waals surface area contributed by atoms with Crippen LogP contribution in [0.25, 0.3) is 22.1 Å². The van der Waals surface area contributed by atoms with E-state index in [2.05, 4.69) is 0 Å². The molecule has 116 valence electrons. The molecule has 6 nitrogen and oxygen atoms in total. The minimum Gasteiger partial charge on any atom is -0.400 e. The van der Waals surface area contributed by atoms with Crippen LogP contribution in [0.15, 0.2) is 52.9 Å². The zero-order valence-electron chi connectivity index (χ0n) is 12.2. The van der Waals surface area contributed by atoms with Gasteiger partial charge in [-0.05, 0) is 36.0 Å². The number of benzene rings is 2. The van der Waals surface area contributed by atoms with Crippen LogP contribution in [0.5, 0.6) is 0 Å². The predicted molar refractivity (Wildman–Crippen MR) is 93.5 cm³/mol. The highest BCUT2D eigenvalue weighted by molar-refractivity contribution is 7.80. The van der Waals surface area contributed by atoms with Crippen molar-refractivity contribution in [3.05, 3.63) is 58.6 Å². The molecular formula is C16H13N3O3S. The molecule has 0 aliphatic carbocycles. The van der Waals surface area contributed by atoms with Gasteiger partial charge < -0.3 is 15.1 Å². The average Bonchev–Trinajstić information content (AvgIpc) is 2.93. The Labute approximate surface area is 137 Å². The van der Waals surface area contributed by atoms with Crippen LogP contribution in [0.4, 0.5) is 11.6 Å². The van der Waals surface area contributed by atoms with Crippen molar-refractivity contribution in [2.75, 3.05) is 11.9 Å². The number of hydrogen-bond donors (Lipinski definition) is 1. The molecule has 1 heterocycles. The van der Waals surface area contributed by atoms with E-state index in [4.69, 9.17) is 22.4 Å². The van der Waals surface area contributed by atoms with Gasteiger partial charge in [-0.15, -0.1) is 0 Å². The first-order chi connectivity index (χ1) is 11.0. The maximum atomic E-state index is 11.4. The van der Waals surface area contributed by atoms with Crippen LogP contribution in [-0.2, 0) is 0 Å². The van der Waals surface area contributed by atoms with Crippen LogP contribution >= 0.6 is 12.2 Å². The summed E-state index contributed by atoms with van der Waals surface area (Å²) < 4.78 is 5.43. The molecule has 2 N–H and O–H groups in total. The Morgan fingerprint density at radius 2 is 1.96 bits per heavy atom. The third-order valence-corrected chi connectivity index (χ3v) is 3.87. The second kappa shape index (κ2) is 5.69. The first kappa shape index (κ1) is 15.0. The van der Waals surface area contributed by atoms with Crippen LogP contribution in [0.2, 0.25) is 0 Å². The number of nitrogens with zero attached hydrogens (tertiary/aromatic N) is 2. The Hall–Kier alpha value is -2.93. The fourth-order valence-corrected chi connectivity index (χ4v) is 2.53. The highest BCUT2D eigenvalue weighted by atomic mass is 32.1. The summed E-state index contributed by atoms with van der Waals surface area (Å²) in [5.74, 6) is -0.277. The van der Waals surface area contributed by atoms with Gasteiger partial charge in [0.2, 0.25) is 0 Å². The van der Waals surface area contributed by atoms with E-state index in [1.54, 1.807) is 42.3 Å². The molecule has 23 heavy (non-hydrogen) atoms. The second-order valence-electron chi connectivity index (χ2n) is 4.98. The molecule has 0 radical (unpaired) electrons. The third kappa shape index (κ3) is 2.62. The van der Waals surface area contributed by atoms with E-state index in [9.17, 15) is 10.1 Å². The first-order valence-corrected chi connectivity index (χ1v) is 7.19. The van der Waals surface area contributed by atoms with Crippen molar-refractivity contribution < 1.29 is 9.34 Å². The van der Waals surface area contributed by atoms with E-state index in [0.717, 1.165) is 5.69 Å². The number of nitrogens with two attached hydrogens (primary N) is 1. The number of hydrogen-bond acceptors (Lipinski definition) is 4. The van der Waals surface area contributed by atoms with Crippen molar-refractivity contribution >= 4 is 39.9 Å². The summed E-state index contributed by atoms with van der Waals surface area (Å²) in [5.41, 5.74) is 7.98. The zero-order chi connectivity index (χ0) is 16.6. The number of furan rings is 1. The highest BCUT2D eigenvalue weighted by Gasteiger charge is 2.25. The lowest BCUT2D eigenvalue weighted by Gasteiger charge is -2.16. The Morgan fingerprint density at radius 3 is 2.57 bits per heavy atom. The number of anilines is 1. The molecule has 0 aliphatic heterocycles. The smallest absolute Gasteiger partial charge is 0.400 e. The molecule has 3 aromatic rings. The molecule has 0 saturated carbocycles. The van der Waals surface area contributed by atoms with Crippen molar-refractivity contribution in [3.63, 3.8) is 0 Å². The molecule has 0 atom stereocenters. The Morgan fingerprint density at radius 1 is 1.26 bits per heavy atom. The standard InChI is InChI=1S/C16H13N3O3S/c1-18(16(17)23)11-7-8-13-12(9-11)14(15(22-13)19(20)21)10-5-3-2-4-6-10/h2-9H,1H3,(H2,17,23). The monoisotopic (exact) mass is 327 g/mol. The molecule has 7 heteroatoms. The largest absolute Gasteiger partial charge is 0.442 e. The molecule has 0 spiro atoms. The van der Waals surface area contributed by atoms with Gasteiger partial charge in [0.15, 0.2) is 5.11 Å². The second-order valence-corrected chi connectivity index (χ2v) is 5.40. The van der Waals surface area contributed by atoms with Gasteiger partial charge in [0.25, 0.3) is 0 Å². The lowest BCUT2D eigenvalue weighted by Crippen LogP contribution is -2.31. The van der Waals surface area contributed by atoms with Gasteiger partial charge in [0.05, 0.1) is 0 Å². The van der Waals surface area contributed by atoms with Crippen molar-refractivity contribution in [2.45, 2.75) is 0 Å². The van der Waals surface area contributed by atoms with Crippen LogP contribution in [0.1, 0.15) is 0 Å². The summed E-state index contributed by atoms with van der Waals surface area (Å²) in [4.78, 5) is 12.5. The molecule has 0 aliphatic rings. The molecule has 2 aromatic carbocycles. The fraction of sp³-hybridized carbons (Fsp3) is 0.0625. The maximum absolute atomic E-state index is 11.4. The van der Waals surface area contributed by atoms with Gasteiger partial charge in [0, 0.05) is 18.1 Å². The molecular weight excluding hydrogens is 314 g/mol. The zero-order valence-corrected chi connectivity index (χ0v) is 13.0. The van der Waals surface area contributed by atoms with E-state index in [-0.39, 0.29) is 11.0 Å². The molecule has 1 aromatic heterocycles. The summed E-state index contributed by atoms with van der Waals surface area (Å²) in [6.45, 7) is 0. The van der Waals surface area contributed by atoms with Crippen LogP contribution < -0.4 is 10.6 Å². The third-order valence-electron chi connectivity index (χ3n) is 3.60. The number of thiocarbonyl (C=S) groups is 1. The van der Waals surface area contributed by atoms with Gasteiger partial charge in [-0.3, -0.25) is 10.1 Å². The quantitative estimate of drug-likeness (QED) is 0.448.